The van der Waals surface area contributed by atoms with Crippen molar-refractivity contribution in [2.24, 2.45) is 11.7 Å². The maximum atomic E-state index is 13.1. The summed E-state index contributed by atoms with van der Waals surface area (Å²) in [7, 11) is 0. The zero-order valence-electron chi connectivity index (χ0n) is 19.7. The van der Waals surface area contributed by atoms with E-state index in [1.54, 1.807) is 26.0 Å². The number of hydrogen-bond donors (Lipinski definition) is 5. The predicted octanol–water partition coefficient (Wildman–Crippen LogP) is 2.58. The van der Waals surface area contributed by atoms with Gasteiger partial charge in [0.15, 0.2) is 0 Å². The molecule has 0 fully saturated rings. The fourth-order valence-electron chi connectivity index (χ4n) is 3.40. The highest BCUT2D eigenvalue weighted by Crippen LogP contribution is 2.21. The van der Waals surface area contributed by atoms with E-state index in [4.69, 9.17) is 17.3 Å². The van der Waals surface area contributed by atoms with Crippen LogP contribution in [0, 0.1) is 5.92 Å². The molecule has 3 amide bonds. The first kappa shape index (κ1) is 27.7. The zero-order valence-corrected chi connectivity index (χ0v) is 20.5. The van der Waals surface area contributed by atoms with E-state index < -0.39 is 35.8 Å². The maximum Gasteiger partial charge on any atom is 0.326 e. The van der Waals surface area contributed by atoms with Gasteiger partial charge < -0.3 is 26.8 Å². The van der Waals surface area contributed by atoms with Crippen LogP contribution in [0.15, 0.2) is 48.5 Å². The quantitative estimate of drug-likeness (QED) is 0.284. The summed E-state index contributed by atoms with van der Waals surface area (Å²) < 4.78 is 0. The van der Waals surface area contributed by atoms with E-state index in [1.807, 2.05) is 30.3 Å². The van der Waals surface area contributed by atoms with Gasteiger partial charge in [0.1, 0.15) is 12.1 Å². The van der Waals surface area contributed by atoms with Crippen LogP contribution in [-0.2, 0) is 20.8 Å². The largest absolute Gasteiger partial charge is 0.480 e. The van der Waals surface area contributed by atoms with Crippen molar-refractivity contribution >= 4 is 41.0 Å². The minimum Gasteiger partial charge on any atom is -0.480 e. The van der Waals surface area contributed by atoms with Crippen LogP contribution in [-0.4, -0.2) is 47.4 Å². The minimum absolute atomic E-state index is 0.154. The summed E-state index contributed by atoms with van der Waals surface area (Å²) in [6.07, 6.45) is 0.388. The number of rotatable bonds is 13. The third kappa shape index (κ3) is 8.94. The summed E-state index contributed by atoms with van der Waals surface area (Å²) in [4.78, 5) is 48.5. The van der Waals surface area contributed by atoms with Crippen molar-refractivity contribution in [3.8, 4) is 0 Å². The average molecular weight is 503 g/mol. The van der Waals surface area contributed by atoms with Gasteiger partial charge in [0.05, 0.1) is 5.56 Å². The van der Waals surface area contributed by atoms with Crippen LogP contribution >= 0.6 is 11.6 Å². The summed E-state index contributed by atoms with van der Waals surface area (Å²) in [5, 5.41) is 18.0. The Hall–Kier alpha value is -3.59. The lowest BCUT2D eigenvalue weighted by atomic mass is 10.0. The summed E-state index contributed by atoms with van der Waals surface area (Å²) in [5.74, 6) is -3.53. The molecule has 2 aromatic rings. The van der Waals surface area contributed by atoms with Crippen molar-refractivity contribution in [2.75, 3.05) is 11.9 Å². The SMILES string of the molecule is CC(C)[C@@H](NC(=O)c1cc(Cl)ccc1NCCc1ccccc1)C(=O)N[C@@H](CCC(N)=O)C(=O)O. The van der Waals surface area contributed by atoms with Gasteiger partial charge >= 0.3 is 5.97 Å². The van der Waals surface area contributed by atoms with Crippen LogP contribution < -0.4 is 21.7 Å². The molecule has 188 valence electrons. The Kier molecular flexibility index (Phi) is 10.5. The number of nitrogens with two attached hydrogens (primary N) is 1. The molecule has 2 atom stereocenters. The standard InChI is InChI=1S/C25H31ClN4O5/c1-15(2)22(24(33)29-20(25(34)35)10-11-21(27)31)30-23(32)18-14-17(26)8-9-19(18)28-13-12-16-6-4-3-5-7-16/h3-9,14-15,20,22,28H,10-13H2,1-2H3,(H2,27,31)(H,29,33)(H,30,32)(H,34,35)/t20-,22+/m0/s1. The van der Waals surface area contributed by atoms with E-state index in [2.05, 4.69) is 16.0 Å². The van der Waals surface area contributed by atoms with E-state index in [-0.39, 0.29) is 24.3 Å². The molecule has 10 heteroatoms. The molecule has 0 spiro atoms. The highest BCUT2D eigenvalue weighted by Gasteiger charge is 2.29. The van der Waals surface area contributed by atoms with E-state index in [9.17, 15) is 24.3 Å². The Balaban J connectivity index is 2.12. The number of carboxylic acid groups (broad SMARTS) is 1. The summed E-state index contributed by atoms with van der Waals surface area (Å²) in [6, 6.07) is 12.4. The highest BCUT2D eigenvalue weighted by molar-refractivity contribution is 6.31. The van der Waals surface area contributed by atoms with Crippen LogP contribution in [0.5, 0.6) is 0 Å². The van der Waals surface area contributed by atoms with Gasteiger partial charge in [-0.2, -0.15) is 0 Å². The normalized spacial score (nSPS) is 12.5. The van der Waals surface area contributed by atoms with E-state index in [0.29, 0.717) is 17.3 Å². The molecule has 0 aliphatic rings. The molecule has 9 nitrogen and oxygen atoms in total. The van der Waals surface area contributed by atoms with Crippen LogP contribution in [0.2, 0.25) is 5.02 Å². The van der Waals surface area contributed by atoms with Gasteiger partial charge in [-0.25, -0.2) is 4.79 Å². The molecule has 2 aromatic carbocycles. The molecule has 6 N–H and O–H groups in total. The predicted molar refractivity (Wildman–Crippen MR) is 134 cm³/mol. The van der Waals surface area contributed by atoms with Gasteiger partial charge in [0.2, 0.25) is 11.8 Å². The van der Waals surface area contributed by atoms with Crippen LogP contribution in [0.25, 0.3) is 0 Å². The maximum absolute atomic E-state index is 13.1. The number of halogens is 1. The molecule has 0 radical (unpaired) electrons. The van der Waals surface area contributed by atoms with Crippen LogP contribution in [0.4, 0.5) is 5.69 Å². The number of aliphatic carboxylic acids is 1. The molecule has 0 heterocycles. The molecule has 0 bridgehead atoms. The van der Waals surface area contributed by atoms with Gasteiger partial charge in [0.25, 0.3) is 5.91 Å². The lowest BCUT2D eigenvalue weighted by molar-refractivity contribution is -0.142. The molecule has 0 aliphatic carbocycles. The van der Waals surface area contributed by atoms with Crippen LogP contribution in [0.3, 0.4) is 0 Å². The number of anilines is 1. The summed E-state index contributed by atoms with van der Waals surface area (Å²) >= 11 is 6.13. The van der Waals surface area contributed by atoms with Crippen molar-refractivity contribution in [1.82, 2.24) is 10.6 Å². The van der Waals surface area contributed by atoms with Crippen molar-refractivity contribution in [1.29, 1.82) is 0 Å². The Bertz CT molecular complexity index is 1050. The lowest BCUT2D eigenvalue weighted by Gasteiger charge is -2.24. The second-order valence-electron chi connectivity index (χ2n) is 8.45. The smallest absolute Gasteiger partial charge is 0.326 e. The lowest BCUT2D eigenvalue weighted by Crippen LogP contribution is -2.53. The van der Waals surface area contributed by atoms with Gasteiger partial charge in [0, 0.05) is 23.7 Å². The Morgan fingerprint density at radius 2 is 1.71 bits per heavy atom. The number of carbonyl (C=O) groups is 4. The summed E-state index contributed by atoms with van der Waals surface area (Å²) in [6.45, 7) is 4.02. The van der Waals surface area contributed by atoms with E-state index in [1.165, 1.54) is 6.07 Å². The number of primary amides is 1. The van der Waals surface area contributed by atoms with Crippen LogP contribution in [0.1, 0.15) is 42.6 Å². The third-order valence-electron chi connectivity index (χ3n) is 5.33. The van der Waals surface area contributed by atoms with E-state index >= 15 is 0 Å². The highest BCUT2D eigenvalue weighted by atomic mass is 35.5. The Morgan fingerprint density at radius 1 is 1.03 bits per heavy atom. The van der Waals surface area contributed by atoms with Crippen molar-refractivity contribution < 1.29 is 24.3 Å². The second kappa shape index (κ2) is 13.3. The van der Waals surface area contributed by atoms with Gasteiger partial charge in [-0.3, -0.25) is 14.4 Å². The van der Waals surface area contributed by atoms with Gasteiger partial charge in [-0.15, -0.1) is 0 Å². The van der Waals surface area contributed by atoms with E-state index in [0.717, 1.165) is 12.0 Å². The fourth-order valence-corrected chi connectivity index (χ4v) is 3.58. The number of carbonyl (C=O) groups excluding carboxylic acids is 3. The first-order valence-corrected chi connectivity index (χ1v) is 11.7. The monoisotopic (exact) mass is 502 g/mol. The number of benzene rings is 2. The number of amides is 3. The molecule has 0 saturated carbocycles. The average Bonchev–Trinajstić information content (AvgIpc) is 2.80. The number of nitrogens with one attached hydrogen (secondary N) is 3. The molecule has 0 aromatic heterocycles. The zero-order chi connectivity index (χ0) is 26.0. The second-order valence-corrected chi connectivity index (χ2v) is 8.89. The van der Waals surface area contributed by atoms with Crippen molar-refractivity contribution in [3.63, 3.8) is 0 Å². The Labute approximate surface area is 209 Å². The molecule has 35 heavy (non-hydrogen) atoms. The Morgan fingerprint density at radius 3 is 2.31 bits per heavy atom. The topological polar surface area (TPSA) is 151 Å². The first-order valence-electron chi connectivity index (χ1n) is 11.3. The first-order chi connectivity index (χ1) is 16.6. The number of carboxylic acids is 1. The molecule has 0 saturated heterocycles. The van der Waals surface area contributed by atoms with Gasteiger partial charge in [-0.05, 0) is 42.5 Å². The molecular weight excluding hydrogens is 472 g/mol. The molecule has 0 unspecified atom stereocenters. The molecule has 0 aliphatic heterocycles. The summed E-state index contributed by atoms with van der Waals surface area (Å²) in [5.41, 5.74) is 7.03. The fraction of sp³-hybridized carbons (Fsp3) is 0.360. The van der Waals surface area contributed by atoms with Crippen molar-refractivity contribution in [3.05, 3.63) is 64.7 Å². The van der Waals surface area contributed by atoms with Gasteiger partial charge in [-0.1, -0.05) is 55.8 Å². The molecular formula is C25H31ClN4O5. The molecule has 2 rings (SSSR count). The van der Waals surface area contributed by atoms with Crippen molar-refractivity contribution in [2.45, 2.75) is 45.2 Å². The third-order valence-corrected chi connectivity index (χ3v) is 5.56. The number of hydrogen-bond acceptors (Lipinski definition) is 5. The minimum atomic E-state index is -1.31.